The van der Waals surface area contributed by atoms with Crippen LogP contribution in [0.4, 0.5) is 9.52 Å². The molecule has 0 saturated carbocycles. The summed E-state index contributed by atoms with van der Waals surface area (Å²) in [6.07, 6.45) is 1.62. The summed E-state index contributed by atoms with van der Waals surface area (Å²) in [7, 11) is 0. The highest BCUT2D eigenvalue weighted by Crippen LogP contribution is 2.14. The first kappa shape index (κ1) is 10.0. The fraction of sp³-hybridized carbons (Fsp3) is 0.200. The Balaban J connectivity index is 1.96. The molecule has 1 aromatic heterocycles. The number of rotatable bonds is 3. The average molecular weight is 223 g/mol. The maximum atomic E-state index is 12.6. The highest BCUT2D eigenvalue weighted by Gasteiger charge is 2.01. The smallest absolute Gasteiger partial charge is 0.203 e. The Hall–Kier alpha value is -1.49. The van der Waals surface area contributed by atoms with Gasteiger partial charge in [-0.2, -0.15) is 0 Å². The molecule has 0 amide bonds. The van der Waals surface area contributed by atoms with E-state index >= 15 is 0 Å². The number of nitrogen functional groups attached to an aromatic ring is 1. The molecule has 0 spiro atoms. The third kappa shape index (κ3) is 2.73. The number of aromatic nitrogens is 2. The lowest BCUT2D eigenvalue weighted by Crippen LogP contribution is -1.90. The first-order valence-corrected chi connectivity index (χ1v) is 5.38. The highest BCUT2D eigenvalue weighted by atomic mass is 32.1. The largest absolute Gasteiger partial charge is 0.374 e. The van der Waals surface area contributed by atoms with E-state index in [1.54, 1.807) is 12.1 Å². The summed E-state index contributed by atoms with van der Waals surface area (Å²) in [5, 5.41) is 9.05. The number of benzene rings is 1. The summed E-state index contributed by atoms with van der Waals surface area (Å²) in [6.45, 7) is 0. The fourth-order valence-electron chi connectivity index (χ4n) is 1.27. The van der Waals surface area contributed by atoms with Gasteiger partial charge in [0.15, 0.2) is 0 Å². The normalized spacial score (nSPS) is 10.5. The zero-order valence-electron chi connectivity index (χ0n) is 7.98. The first-order chi connectivity index (χ1) is 7.24. The maximum Gasteiger partial charge on any atom is 0.203 e. The Kier molecular flexibility index (Phi) is 2.91. The lowest BCUT2D eigenvalue weighted by molar-refractivity contribution is 0.627. The number of anilines is 1. The zero-order chi connectivity index (χ0) is 10.7. The third-order valence-electron chi connectivity index (χ3n) is 2.02. The molecule has 0 bridgehead atoms. The van der Waals surface area contributed by atoms with Crippen LogP contribution in [0.5, 0.6) is 0 Å². The van der Waals surface area contributed by atoms with Gasteiger partial charge in [0.05, 0.1) is 0 Å². The molecule has 15 heavy (non-hydrogen) atoms. The van der Waals surface area contributed by atoms with Crippen molar-refractivity contribution >= 4 is 16.5 Å². The van der Waals surface area contributed by atoms with E-state index in [0.29, 0.717) is 5.13 Å². The van der Waals surface area contributed by atoms with E-state index in [2.05, 4.69) is 10.2 Å². The van der Waals surface area contributed by atoms with Crippen LogP contribution in [0.1, 0.15) is 10.6 Å². The lowest BCUT2D eigenvalue weighted by Gasteiger charge is -1.97. The van der Waals surface area contributed by atoms with Gasteiger partial charge in [-0.15, -0.1) is 10.2 Å². The molecular formula is C10H10FN3S. The quantitative estimate of drug-likeness (QED) is 0.866. The van der Waals surface area contributed by atoms with Gasteiger partial charge < -0.3 is 5.73 Å². The van der Waals surface area contributed by atoms with Crippen molar-refractivity contribution in [2.75, 3.05) is 5.73 Å². The van der Waals surface area contributed by atoms with E-state index in [4.69, 9.17) is 5.73 Å². The van der Waals surface area contributed by atoms with E-state index in [1.807, 2.05) is 0 Å². The van der Waals surface area contributed by atoms with E-state index in [1.165, 1.54) is 23.5 Å². The Morgan fingerprint density at radius 1 is 1.13 bits per heavy atom. The van der Waals surface area contributed by atoms with Crippen molar-refractivity contribution < 1.29 is 4.39 Å². The van der Waals surface area contributed by atoms with Crippen LogP contribution in [0.25, 0.3) is 0 Å². The predicted octanol–water partition coefficient (Wildman–Crippen LogP) is 2.04. The van der Waals surface area contributed by atoms with Crippen LogP contribution in [0, 0.1) is 5.82 Å². The first-order valence-electron chi connectivity index (χ1n) is 4.56. The molecule has 0 saturated heterocycles. The second-order valence-electron chi connectivity index (χ2n) is 3.16. The highest BCUT2D eigenvalue weighted by molar-refractivity contribution is 7.15. The molecule has 0 atom stereocenters. The molecule has 1 aromatic carbocycles. The van der Waals surface area contributed by atoms with Crippen molar-refractivity contribution in [1.82, 2.24) is 10.2 Å². The molecule has 78 valence electrons. The van der Waals surface area contributed by atoms with Crippen LogP contribution in [-0.4, -0.2) is 10.2 Å². The summed E-state index contributed by atoms with van der Waals surface area (Å²) in [5.41, 5.74) is 6.55. The van der Waals surface area contributed by atoms with Gasteiger partial charge in [-0.25, -0.2) is 4.39 Å². The second kappa shape index (κ2) is 4.35. The van der Waals surface area contributed by atoms with Crippen LogP contribution in [0.2, 0.25) is 0 Å². The molecule has 0 unspecified atom stereocenters. The number of halogens is 1. The predicted molar refractivity (Wildman–Crippen MR) is 58.1 cm³/mol. The van der Waals surface area contributed by atoms with Crippen LogP contribution in [0.15, 0.2) is 24.3 Å². The molecule has 3 nitrogen and oxygen atoms in total. The molecule has 1 heterocycles. The Morgan fingerprint density at radius 2 is 1.87 bits per heavy atom. The van der Waals surface area contributed by atoms with Crippen molar-refractivity contribution in [3.05, 3.63) is 40.7 Å². The fourth-order valence-corrected chi connectivity index (χ4v) is 1.88. The summed E-state index contributed by atoms with van der Waals surface area (Å²) < 4.78 is 12.6. The molecule has 0 fully saturated rings. The minimum Gasteiger partial charge on any atom is -0.374 e. The summed E-state index contributed by atoms with van der Waals surface area (Å²) >= 11 is 1.39. The van der Waals surface area contributed by atoms with E-state index < -0.39 is 0 Å². The standard InChI is InChI=1S/C10H10FN3S/c11-8-4-1-7(2-5-8)3-6-9-13-14-10(12)15-9/h1-2,4-5H,3,6H2,(H2,12,14). The van der Waals surface area contributed by atoms with E-state index in [0.717, 1.165) is 23.4 Å². The molecule has 2 rings (SSSR count). The molecule has 2 aromatic rings. The average Bonchev–Trinajstić information content (AvgIpc) is 2.64. The van der Waals surface area contributed by atoms with E-state index in [9.17, 15) is 4.39 Å². The molecule has 2 N–H and O–H groups in total. The number of aryl methyl sites for hydroxylation is 2. The molecule has 0 aliphatic carbocycles. The lowest BCUT2D eigenvalue weighted by atomic mass is 10.1. The maximum absolute atomic E-state index is 12.6. The van der Waals surface area contributed by atoms with Crippen molar-refractivity contribution in [3.8, 4) is 0 Å². The Bertz CT molecular complexity index is 438. The van der Waals surface area contributed by atoms with Gasteiger partial charge in [0, 0.05) is 6.42 Å². The minimum atomic E-state index is -0.209. The summed E-state index contributed by atoms with van der Waals surface area (Å²) in [5.74, 6) is -0.209. The minimum absolute atomic E-state index is 0.209. The number of nitrogens with zero attached hydrogens (tertiary/aromatic N) is 2. The molecule has 0 aliphatic rings. The number of hydrogen-bond donors (Lipinski definition) is 1. The van der Waals surface area contributed by atoms with Crippen molar-refractivity contribution in [3.63, 3.8) is 0 Å². The van der Waals surface area contributed by atoms with Gasteiger partial charge in [0.2, 0.25) is 5.13 Å². The Labute approximate surface area is 90.8 Å². The monoisotopic (exact) mass is 223 g/mol. The van der Waals surface area contributed by atoms with Gasteiger partial charge in [-0.1, -0.05) is 23.5 Å². The van der Waals surface area contributed by atoms with Gasteiger partial charge in [0.25, 0.3) is 0 Å². The van der Waals surface area contributed by atoms with Gasteiger partial charge in [-0.3, -0.25) is 0 Å². The summed E-state index contributed by atoms with van der Waals surface area (Å²) in [4.78, 5) is 0. The van der Waals surface area contributed by atoms with Gasteiger partial charge in [0.1, 0.15) is 10.8 Å². The van der Waals surface area contributed by atoms with E-state index in [-0.39, 0.29) is 5.82 Å². The van der Waals surface area contributed by atoms with Crippen LogP contribution in [0.3, 0.4) is 0 Å². The van der Waals surface area contributed by atoms with Gasteiger partial charge >= 0.3 is 0 Å². The molecular weight excluding hydrogens is 213 g/mol. The van der Waals surface area contributed by atoms with Crippen LogP contribution >= 0.6 is 11.3 Å². The summed E-state index contributed by atoms with van der Waals surface area (Å²) in [6, 6.07) is 6.48. The number of hydrogen-bond acceptors (Lipinski definition) is 4. The van der Waals surface area contributed by atoms with Crippen molar-refractivity contribution in [1.29, 1.82) is 0 Å². The number of nitrogens with two attached hydrogens (primary N) is 1. The van der Waals surface area contributed by atoms with Crippen molar-refractivity contribution in [2.24, 2.45) is 0 Å². The van der Waals surface area contributed by atoms with Crippen LogP contribution < -0.4 is 5.73 Å². The van der Waals surface area contributed by atoms with Crippen LogP contribution in [-0.2, 0) is 12.8 Å². The van der Waals surface area contributed by atoms with Gasteiger partial charge in [-0.05, 0) is 24.1 Å². The second-order valence-corrected chi connectivity index (χ2v) is 4.25. The van der Waals surface area contributed by atoms with Crippen molar-refractivity contribution in [2.45, 2.75) is 12.8 Å². The molecule has 0 aliphatic heterocycles. The topological polar surface area (TPSA) is 51.8 Å². The Morgan fingerprint density at radius 3 is 2.47 bits per heavy atom. The molecule has 5 heteroatoms. The zero-order valence-corrected chi connectivity index (χ0v) is 8.80. The third-order valence-corrected chi connectivity index (χ3v) is 2.84. The molecule has 0 radical (unpaired) electrons. The SMILES string of the molecule is Nc1nnc(CCc2ccc(F)cc2)s1.